The molecule has 0 spiro atoms. The lowest BCUT2D eigenvalue weighted by atomic mass is 10.2. The maximum absolute atomic E-state index is 12.9. The lowest BCUT2D eigenvalue weighted by Gasteiger charge is -2.07. The van der Waals surface area contributed by atoms with Crippen molar-refractivity contribution in [2.45, 2.75) is 6.54 Å². The van der Waals surface area contributed by atoms with Gasteiger partial charge in [0, 0.05) is 18.3 Å². The van der Waals surface area contributed by atoms with Gasteiger partial charge in [-0.15, -0.1) is 0 Å². The highest BCUT2D eigenvalue weighted by Crippen LogP contribution is 2.18. The summed E-state index contributed by atoms with van der Waals surface area (Å²) in [6.45, 7) is 0.295. The van der Waals surface area contributed by atoms with Crippen LogP contribution in [0.1, 0.15) is 5.56 Å². The Morgan fingerprint density at radius 2 is 1.61 bits per heavy atom. The normalized spacial score (nSPS) is 10.4. The molecule has 0 aliphatic rings. The van der Waals surface area contributed by atoms with Crippen LogP contribution in [-0.4, -0.2) is 0 Å². The summed E-state index contributed by atoms with van der Waals surface area (Å²) < 4.78 is 38.8. The first-order chi connectivity index (χ1) is 8.54. The zero-order chi connectivity index (χ0) is 13.1. The Labute approximate surface area is 107 Å². The number of benzene rings is 2. The van der Waals surface area contributed by atoms with Crippen molar-refractivity contribution >= 4 is 17.3 Å². The maximum Gasteiger partial charge on any atom is 0.141 e. The number of hydrogen-bond acceptors (Lipinski definition) is 1. The van der Waals surface area contributed by atoms with Crippen LogP contribution >= 0.6 is 11.6 Å². The van der Waals surface area contributed by atoms with Gasteiger partial charge in [0.05, 0.1) is 5.02 Å². The van der Waals surface area contributed by atoms with E-state index in [2.05, 4.69) is 5.32 Å². The van der Waals surface area contributed by atoms with Crippen LogP contribution in [0.4, 0.5) is 18.9 Å². The monoisotopic (exact) mass is 271 g/mol. The molecule has 94 valence electrons. The summed E-state index contributed by atoms with van der Waals surface area (Å²) in [4.78, 5) is 0. The smallest absolute Gasteiger partial charge is 0.141 e. The molecule has 2 rings (SSSR count). The standard InChI is InChI=1S/C13H9ClF3N/c14-12-3-8(1-2-13(12)17)7-18-11-5-9(15)4-10(16)6-11/h1-6,18H,7H2. The van der Waals surface area contributed by atoms with E-state index in [9.17, 15) is 13.2 Å². The van der Waals surface area contributed by atoms with Gasteiger partial charge in [0.15, 0.2) is 0 Å². The molecule has 2 aromatic carbocycles. The SMILES string of the molecule is Fc1cc(F)cc(NCc2ccc(F)c(Cl)c2)c1. The van der Waals surface area contributed by atoms with Gasteiger partial charge in [0.25, 0.3) is 0 Å². The highest BCUT2D eigenvalue weighted by molar-refractivity contribution is 6.30. The molecule has 0 saturated carbocycles. The minimum absolute atomic E-state index is 0.0136. The van der Waals surface area contributed by atoms with Gasteiger partial charge in [-0.1, -0.05) is 17.7 Å². The molecule has 2 aromatic rings. The van der Waals surface area contributed by atoms with Crippen molar-refractivity contribution < 1.29 is 13.2 Å². The van der Waals surface area contributed by atoms with Crippen molar-refractivity contribution in [1.82, 2.24) is 0 Å². The number of rotatable bonds is 3. The van der Waals surface area contributed by atoms with Crippen LogP contribution in [0.3, 0.4) is 0 Å². The Bertz CT molecular complexity index is 552. The van der Waals surface area contributed by atoms with Gasteiger partial charge < -0.3 is 5.32 Å². The zero-order valence-corrected chi connectivity index (χ0v) is 9.94. The van der Waals surface area contributed by atoms with E-state index >= 15 is 0 Å². The van der Waals surface area contributed by atoms with Gasteiger partial charge in [-0.05, 0) is 29.8 Å². The predicted molar refractivity (Wildman–Crippen MR) is 65.1 cm³/mol. The highest BCUT2D eigenvalue weighted by atomic mass is 35.5. The minimum Gasteiger partial charge on any atom is -0.381 e. The summed E-state index contributed by atoms with van der Waals surface area (Å²) >= 11 is 5.62. The van der Waals surface area contributed by atoms with E-state index in [-0.39, 0.29) is 5.02 Å². The van der Waals surface area contributed by atoms with E-state index in [0.29, 0.717) is 17.8 Å². The Kier molecular flexibility index (Phi) is 3.77. The molecular weight excluding hydrogens is 263 g/mol. The number of hydrogen-bond donors (Lipinski definition) is 1. The molecule has 0 atom stereocenters. The molecule has 0 bridgehead atoms. The van der Waals surface area contributed by atoms with Crippen molar-refractivity contribution in [3.05, 3.63) is 64.4 Å². The van der Waals surface area contributed by atoms with Crippen molar-refractivity contribution in [1.29, 1.82) is 0 Å². The van der Waals surface area contributed by atoms with E-state index in [1.54, 1.807) is 6.07 Å². The molecule has 0 aromatic heterocycles. The maximum atomic E-state index is 12.9. The summed E-state index contributed by atoms with van der Waals surface area (Å²) in [6, 6.07) is 7.39. The number of anilines is 1. The second kappa shape index (κ2) is 5.31. The van der Waals surface area contributed by atoms with Gasteiger partial charge in [-0.3, -0.25) is 0 Å². The fourth-order valence-corrected chi connectivity index (χ4v) is 1.71. The van der Waals surface area contributed by atoms with Crippen LogP contribution in [-0.2, 0) is 6.54 Å². The molecule has 0 aliphatic carbocycles. The van der Waals surface area contributed by atoms with Gasteiger partial charge in [-0.25, -0.2) is 13.2 Å². The highest BCUT2D eigenvalue weighted by Gasteiger charge is 2.03. The van der Waals surface area contributed by atoms with Crippen molar-refractivity contribution in [2.75, 3.05) is 5.32 Å². The molecule has 0 heterocycles. The summed E-state index contributed by atoms with van der Waals surface area (Å²) in [6.07, 6.45) is 0. The molecule has 0 amide bonds. The average molecular weight is 272 g/mol. The third-order valence-corrected chi connectivity index (χ3v) is 2.63. The van der Waals surface area contributed by atoms with Gasteiger partial charge in [0.1, 0.15) is 17.5 Å². The molecule has 1 nitrogen and oxygen atoms in total. The fourth-order valence-electron chi connectivity index (χ4n) is 1.51. The summed E-state index contributed by atoms with van der Waals surface area (Å²) in [5, 5.41) is 2.84. The number of halogens is 4. The molecule has 0 unspecified atom stereocenters. The van der Waals surface area contributed by atoms with Crippen molar-refractivity contribution in [3.8, 4) is 0 Å². The number of nitrogens with one attached hydrogen (secondary N) is 1. The second-order valence-electron chi connectivity index (χ2n) is 3.76. The third-order valence-electron chi connectivity index (χ3n) is 2.34. The van der Waals surface area contributed by atoms with Crippen LogP contribution in [0.5, 0.6) is 0 Å². The Morgan fingerprint density at radius 1 is 0.944 bits per heavy atom. The third kappa shape index (κ3) is 3.17. The molecule has 1 N–H and O–H groups in total. The summed E-state index contributed by atoms with van der Waals surface area (Å²) in [5.41, 5.74) is 1.03. The molecule has 0 saturated heterocycles. The quantitative estimate of drug-likeness (QED) is 0.874. The van der Waals surface area contributed by atoms with E-state index < -0.39 is 17.5 Å². The lowest BCUT2D eigenvalue weighted by Crippen LogP contribution is -2.00. The van der Waals surface area contributed by atoms with E-state index in [1.165, 1.54) is 24.3 Å². The Hall–Kier alpha value is -1.68. The van der Waals surface area contributed by atoms with Gasteiger partial charge in [-0.2, -0.15) is 0 Å². The largest absolute Gasteiger partial charge is 0.381 e. The Morgan fingerprint density at radius 3 is 2.22 bits per heavy atom. The van der Waals surface area contributed by atoms with Gasteiger partial charge in [0.2, 0.25) is 0 Å². The molecule has 0 radical (unpaired) electrons. The predicted octanol–water partition coefficient (Wildman–Crippen LogP) is 4.37. The van der Waals surface area contributed by atoms with Gasteiger partial charge >= 0.3 is 0 Å². The van der Waals surface area contributed by atoms with Crippen LogP contribution in [0, 0.1) is 17.5 Å². The van der Waals surface area contributed by atoms with Crippen LogP contribution in [0.2, 0.25) is 5.02 Å². The van der Waals surface area contributed by atoms with E-state index in [1.807, 2.05) is 0 Å². The van der Waals surface area contributed by atoms with Crippen molar-refractivity contribution in [2.24, 2.45) is 0 Å². The van der Waals surface area contributed by atoms with Crippen LogP contribution < -0.4 is 5.32 Å². The first kappa shape index (κ1) is 12.8. The van der Waals surface area contributed by atoms with E-state index in [4.69, 9.17) is 11.6 Å². The molecule has 0 aliphatic heterocycles. The summed E-state index contributed by atoms with van der Waals surface area (Å²) in [5.74, 6) is -1.82. The second-order valence-corrected chi connectivity index (χ2v) is 4.17. The van der Waals surface area contributed by atoms with Crippen LogP contribution in [0.25, 0.3) is 0 Å². The fraction of sp³-hybridized carbons (Fsp3) is 0.0769. The summed E-state index contributed by atoms with van der Waals surface area (Å²) in [7, 11) is 0. The zero-order valence-electron chi connectivity index (χ0n) is 9.18. The van der Waals surface area contributed by atoms with Crippen molar-refractivity contribution in [3.63, 3.8) is 0 Å². The van der Waals surface area contributed by atoms with Crippen LogP contribution in [0.15, 0.2) is 36.4 Å². The van der Waals surface area contributed by atoms with E-state index in [0.717, 1.165) is 6.07 Å². The first-order valence-corrected chi connectivity index (χ1v) is 5.56. The first-order valence-electron chi connectivity index (χ1n) is 5.18. The molecule has 18 heavy (non-hydrogen) atoms. The molecular formula is C13H9ClF3N. The molecule has 0 fully saturated rings. The average Bonchev–Trinajstić information content (AvgIpc) is 2.29. The molecule has 5 heteroatoms. The Balaban J connectivity index is 2.08. The lowest BCUT2D eigenvalue weighted by molar-refractivity contribution is 0.584. The minimum atomic E-state index is -0.658. The topological polar surface area (TPSA) is 12.0 Å².